The van der Waals surface area contributed by atoms with Crippen molar-refractivity contribution < 1.29 is 14.3 Å². The first-order valence-corrected chi connectivity index (χ1v) is 8.50. The van der Waals surface area contributed by atoms with E-state index in [-0.39, 0.29) is 11.0 Å². The number of allylic oxidation sites excluding steroid dienone is 1. The highest BCUT2D eigenvalue weighted by Crippen LogP contribution is 2.55. The number of hydrogen-bond donors (Lipinski definition) is 0. The summed E-state index contributed by atoms with van der Waals surface area (Å²) in [4.78, 5) is 12.6. The molecule has 1 saturated carbocycles. The van der Waals surface area contributed by atoms with Crippen LogP contribution in [0.1, 0.15) is 44.6 Å². The van der Waals surface area contributed by atoms with Gasteiger partial charge in [0.15, 0.2) is 5.78 Å². The van der Waals surface area contributed by atoms with Gasteiger partial charge in [-0.1, -0.05) is 30.3 Å². The summed E-state index contributed by atoms with van der Waals surface area (Å²) in [6.07, 6.45) is 6.39. The number of carbonyl (C=O) groups is 1. The second kappa shape index (κ2) is 6.58. The summed E-state index contributed by atoms with van der Waals surface area (Å²) in [5.41, 5.74) is 1.88. The van der Waals surface area contributed by atoms with E-state index >= 15 is 0 Å². The molecule has 0 aliphatic heterocycles. The summed E-state index contributed by atoms with van der Waals surface area (Å²) in [5.74, 6) is 0.295. The molecule has 0 N–H and O–H groups in total. The third kappa shape index (κ3) is 3.13. The molecular formula is C20H26O3. The van der Waals surface area contributed by atoms with Gasteiger partial charge in [-0.25, -0.2) is 0 Å². The average molecular weight is 314 g/mol. The van der Waals surface area contributed by atoms with Gasteiger partial charge in [-0.2, -0.15) is 0 Å². The number of benzene rings is 1. The molecule has 1 aromatic rings. The van der Waals surface area contributed by atoms with Crippen LogP contribution in [0.3, 0.4) is 0 Å². The van der Waals surface area contributed by atoms with Gasteiger partial charge in [0.05, 0.1) is 12.2 Å². The van der Waals surface area contributed by atoms with E-state index in [0.29, 0.717) is 19.0 Å². The van der Waals surface area contributed by atoms with Crippen LogP contribution in [-0.4, -0.2) is 25.1 Å². The maximum Gasteiger partial charge on any atom is 0.161 e. The highest BCUT2D eigenvalue weighted by molar-refractivity contribution is 5.97. The zero-order chi connectivity index (χ0) is 16.3. The predicted octanol–water partition coefficient (Wildman–Crippen LogP) is 4.07. The van der Waals surface area contributed by atoms with Crippen LogP contribution in [0.4, 0.5) is 0 Å². The van der Waals surface area contributed by atoms with Crippen molar-refractivity contribution in [2.24, 2.45) is 5.41 Å². The smallest absolute Gasteiger partial charge is 0.161 e. The van der Waals surface area contributed by atoms with Crippen molar-refractivity contribution in [2.75, 3.05) is 13.7 Å². The molecule has 2 bridgehead atoms. The van der Waals surface area contributed by atoms with Gasteiger partial charge in [0.2, 0.25) is 0 Å². The van der Waals surface area contributed by atoms with Crippen LogP contribution in [0.25, 0.3) is 0 Å². The zero-order valence-corrected chi connectivity index (χ0v) is 14.1. The molecule has 3 rings (SSSR count). The van der Waals surface area contributed by atoms with Crippen LogP contribution < -0.4 is 0 Å². The van der Waals surface area contributed by atoms with Crippen LogP contribution in [0.5, 0.6) is 0 Å². The number of rotatable bonds is 7. The Morgan fingerprint density at radius 1 is 1.17 bits per heavy atom. The van der Waals surface area contributed by atoms with Crippen molar-refractivity contribution in [1.82, 2.24) is 0 Å². The van der Waals surface area contributed by atoms with Crippen LogP contribution in [-0.2, 0) is 20.9 Å². The summed E-state index contributed by atoms with van der Waals surface area (Å²) in [6, 6.07) is 10.2. The molecule has 0 radical (unpaired) electrons. The molecule has 23 heavy (non-hydrogen) atoms. The monoisotopic (exact) mass is 314 g/mol. The predicted molar refractivity (Wildman–Crippen MR) is 90.1 cm³/mol. The Bertz CT molecular complexity index is 592. The van der Waals surface area contributed by atoms with Gasteiger partial charge >= 0.3 is 0 Å². The normalized spacial score (nSPS) is 29.7. The lowest BCUT2D eigenvalue weighted by Crippen LogP contribution is -2.39. The maximum atomic E-state index is 12.6. The third-order valence-corrected chi connectivity index (χ3v) is 5.67. The molecule has 124 valence electrons. The van der Waals surface area contributed by atoms with Crippen molar-refractivity contribution in [1.29, 1.82) is 0 Å². The van der Waals surface area contributed by atoms with E-state index in [4.69, 9.17) is 9.47 Å². The summed E-state index contributed by atoms with van der Waals surface area (Å²) < 4.78 is 11.6. The van der Waals surface area contributed by atoms with E-state index in [1.807, 2.05) is 31.2 Å². The van der Waals surface area contributed by atoms with E-state index in [1.165, 1.54) is 5.56 Å². The lowest BCUT2D eigenvalue weighted by Gasteiger charge is -2.37. The lowest BCUT2D eigenvalue weighted by molar-refractivity contribution is -0.126. The molecule has 2 aliphatic rings. The molecule has 0 spiro atoms. The number of hydrogen-bond acceptors (Lipinski definition) is 3. The molecule has 3 nitrogen and oxygen atoms in total. The van der Waals surface area contributed by atoms with Crippen molar-refractivity contribution in [3.63, 3.8) is 0 Å². The van der Waals surface area contributed by atoms with Crippen LogP contribution >= 0.6 is 0 Å². The third-order valence-electron chi connectivity index (χ3n) is 5.67. The number of methoxy groups -OCH3 is 1. The zero-order valence-electron chi connectivity index (χ0n) is 14.1. The summed E-state index contributed by atoms with van der Waals surface area (Å²) in [5, 5.41) is 0. The standard InChI is InChI=1S/C20H26O3/c1-16-13-18(21)19(10-11-20(16,15-19)22-2)9-6-12-23-14-17-7-4-3-5-8-17/h3-5,7-8,13H,6,9-12,14-15H2,1-2H3. The van der Waals surface area contributed by atoms with Gasteiger partial charge < -0.3 is 9.47 Å². The molecule has 1 aromatic carbocycles. The largest absolute Gasteiger partial charge is 0.377 e. The second-order valence-corrected chi connectivity index (χ2v) is 6.99. The molecule has 1 fully saturated rings. The van der Waals surface area contributed by atoms with E-state index in [9.17, 15) is 4.79 Å². The van der Waals surface area contributed by atoms with Gasteiger partial charge in [-0.05, 0) is 56.2 Å². The van der Waals surface area contributed by atoms with Gasteiger partial charge in [0.25, 0.3) is 0 Å². The molecule has 2 atom stereocenters. The minimum Gasteiger partial charge on any atom is -0.377 e. The van der Waals surface area contributed by atoms with Crippen molar-refractivity contribution >= 4 is 5.78 Å². The first kappa shape index (κ1) is 16.4. The summed E-state index contributed by atoms with van der Waals surface area (Å²) >= 11 is 0. The van der Waals surface area contributed by atoms with Crippen molar-refractivity contribution in [2.45, 2.75) is 51.2 Å². The molecule has 0 aromatic heterocycles. The first-order valence-electron chi connectivity index (χ1n) is 8.50. The van der Waals surface area contributed by atoms with E-state index < -0.39 is 0 Å². The van der Waals surface area contributed by atoms with Crippen LogP contribution in [0.2, 0.25) is 0 Å². The Labute approximate surface area is 138 Å². The molecule has 0 saturated heterocycles. The Morgan fingerprint density at radius 2 is 1.96 bits per heavy atom. The highest BCUT2D eigenvalue weighted by Gasteiger charge is 2.55. The van der Waals surface area contributed by atoms with Gasteiger partial charge in [0.1, 0.15) is 0 Å². The van der Waals surface area contributed by atoms with Gasteiger partial charge in [-0.15, -0.1) is 0 Å². The van der Waals surface area contributed by atoms with Gasteiger partial charge in [-0.3, -0.25) is 4.79 Å². The number of ether oxygens (including phenoxy) is 2. The summed E-state index contributed by atoms with van der Waals surface area (Å²) in [7, 11) is 1.77. The Kier molecular flexibility index (Phi) is 4.69. The topological polar surface area (TPSA) is 35.5 Å². The minimum atomic E-state index is -0.217. The number of ketones is 1. The molecule has 2 unspecified atom stereocenters. The van der Waals surface area contributed by atoms with E-state index in [2.05, 4.69) is 12.1 Å². The van der Waals surface area contributed by atoms with Crippen molar-refractivity contribution in [3.05, 3.63) is 47.5 Å². The van der Waals surface area contributed by atoms with Crippen LogP contribution in [0.15, 0.2) is 42.0 Å². The molecular weight excluding hydrogens is 288 g/mol. The number of carbonyl (C=O) groups excluding carboxylic acids is 1. The second-order valence-electron chi connectivity index (χ2n) is 6.99. The molecule has 0 amide bonds. The molecule has 2 aliphatic carbocycles. The number of fused-ring (bicyclic) bond motifs is 2. The fourth-order valence-electron chi connectivity index (χ4n) is 4.14. The van der Waals surface area contributed by atoms with E-state index in [1.54, 1.807) is 7.11 Å². The SMILES string of the molecule is COC12CCC(CCCOCc3ccccc3)(C1)C(=O)C=C2C. The Morgan fingerprint density at radius 3 is 2.70 bits per heavy atom. The van der Waals surface area contributed by atoms with Gasteiger partial charge in [0, 0.05) is 19.1 Å². The minimum absolute atomic E-state index is 0.196. The quantitative estimate of drug-likeness (QED) is 0.712. The molecule has 3 heteroatoms. The van der Waals surface area contributed by atoms with Crippen LogP contribution in [0, 0.1) is 5.41 Å². The lowest BCUT2D eigenvalue weighted by atomic mass is 9.71. The average Bonchev–Trinajstić information content (AvgIpc) is 2.93. The Balaban J connectivity index is 1.51. The van der Waals surface area contributed by atoms with Crippen molar-refractivity contribution in [3.8, 4) is 0 Å². The summed E-state index contributed by atoms with van der Waals surface area (Å²) in [6.45, 7) is 3.37. The maximum absolute atomic E-state index is 12.6. The highest BCUT2D eigenvalue weighted by atomic mass is 16.5. The first-order chi connectivity index (χ1) is 11.1. The van der Waals surface area contributed by atoms with E-state index in [0.717, 1.165) is 37.7 Å². The molecule has 0 heterocycles. The Hall–Kier alpha value is -1.45. The fourth-order valence-corrected chi connectivity index (χ4v) is 4.14. The fraction of sp³-hybridized carbons (Fsp3) is 0.550.